The molecular formula is C27H31ClN4. The van der Waals surface area contributed by atoms with Crippen molar-refractivity contribution in [1.29, 1.82) is 5.41 Å². The lowest BCUT2D eigenvalue weighted by atomic mass is 9.78. The Morgan fingerprint density at radius 2 is 2.09 bits per heavy atom. The highest BCUT2D eigenvalue weighted by atomic mass is 35.5. The zero-order valence-electron chi connectivity index (χ0n) is 18.7. The first-order valence-corrected chi connectivity index (χ1v) is 11.4. The van der Waals surface area contributed by atoms with Crippen molar-refractivity contribution in [3.05, 3.63) is 94.7 Å². The molecule has 0 aliphatic carbocycles. The minimum atomic E-state index is 0.410. The van der Waals surface area contributed by atoms with E-state index in [9.17, 15) is 0 Å². The molecule has 1 aromatic carbocycles. The van der Waals surface area contributed by atoms with Crippen LogP contribution >= 0.6 is 11.6 Å². The zero-order chi connectivity index (χ0) is 22.7. The Bertz CT molecular complexity index is 1070. The van der Waals surface area contributed by atoms with Crippen molar-refractivity contribution in [2.75, 3.05) is 32.7 Å². The molecule has 0 unspecified atom stereocenters. The number of likely N-dealkylation sites (tertiary alicyclic amines) is 1. The highest BCUT2D eigenvalue weighted by molar-refractivity contribution is 6.34. The average Bonchev–Trinajstić information content (AvgIpc) is 3.17. The molecule has 0 saturated carbocycles. The molecule has 0 bridgehead atoms. The Labute approximate surface area is 196 Å². The van der Waals surface area contributed by atoms with Crippen LogP contribution in [0.15, 0.2) is 78.6 Å². The molecule has 4 nitrogen and oxygen atoms in total. The highest BCUT2D eigenvalue weighted by Gasteiger charge is 2.46. The number of nitrogens with zero attached hydrogens (tertiary/aromatic N) is 1. The van der Waals surface area contributed by atoms with Crippen LogP contribution in [0.4, 0.5) is 0 Å². The van der Waals surface area contributed by atoms with Crippen LogP contribution < -0.4 is 10.6 Å². The summed E-state index contributed by atoms with van der Waals surface area (Å²) in [6.07, 6.45) is 12.6. The fourth-order valence-electron chi connectivity index (χ4n) is 4.82. The summed E-state index contributed by atoms with van der Waals surface area (Å²) in [5.41, 5.74) is 7.31. The maximum atomic E-state index is 7.63. The van der Waals surface area contributed by atoms with E-state index in [1.165, 1.54) is 17.5 Å². The summed E-state index contributed by atoms with van der Waals surface area (Å²) in [6.45, 7) is 15.2. The van der Waals surface area contributed by atoms with Crippen LogP contribution in [0, 0.1) is 10.8 Å². The second kappa shape index (κ2) is 9.35. The molecule has 3 aliphatic heterocycles. The van der Waals surface area contributed by atoms with Gasteiger partial charge in [0.25, 0.3) is 0 Å². The van der Waals surface area contributed by atoms with Gasteiger partial charge in [0.15, 0.2) is 0 Å². The van der Waals surface area contributed by atoms with Gasteiger partial charge in [-0.1, -0.05) is 67.3 Å². The molecule has 2 saturated heterocycles. The lowest BCUT2D eigenvalue weighted by Gasteiger charge is -2.48. The Morgan fingerprint density at radius 1 is 1.28 bits per heavy atom. The molecule has 0 aromatic heterocycles. The Hall–Kier alpha value is -2.82. The lowest BCUT2D eigenvalue weighted by molar-refractivity contribution is 0.0262. The van der Waals surface area contributed by atoms with E-state index in [0.717, 1.165) is 61.5 Å². The van der Waals surface area contributed by atoms with Gasteiger partial charge in [0, 0.05) is 66.9 Å². The molecule has 32 heavy (non-hydrogen) atoms. The summed E-state index contributed by atoms with van der Waals surface area (Å²) in [4.78, 5) is 2.52. The van der Waals surface area contributed by atoms with Crippen LogP contribution in [-0.2, 0) is 0 Å². The van der Waals surface area contributed by atoms with Crippen molar-refractivity contribution in [2.45, 2.75) is 13.3 Å². The fraction of sp³-hybridized carbons (Fsp3) is 0.296. The molecule has 0 atom stereocenters. The van der Waals surface area contributed by atoms with Crippen LogP contribution in [0.1, 0.15) is 24.5 Å². The van der Waals surface area contributed by atoms with Gasteiger partial charge in [-0.25, -0.2) is 0 Å². The zero-order valence-corrected chi connectivity index (χ0v) is 19.4. The van der Waals surface area contributed by atoms with E-state index in [1.54, 1.807) is 0 Å². The van der Waals surface area contributed by atoms with Crippen molar-refractivity contribution < 1.29 is 0 Å². The van der Waals surface area contributed by atoms with E-state index >= 15 is 0 Å². The van der Waals surface area contributed by atoms with Crippen LogP contribution in [0.5, 0.6) is 0 Å². The largest absolute Gasteiger partial charge is 0.388 e. The van der Waals surface area contributed by atoms with E-state index in [2.05, 4.69) is 40.8 Å². The molecule has 166 valence electrons. The van der Waals surface area contributed by atoms with Gasteiger partial charge < -0.3 is 16.0 Å². The molecule has 0 amide bonds. The molecule has 3 aliphatic rings. The van der Waals surface area contributed by atoms with Gasteiger partial charge in [-0.15, -0.1) is 0 Å². The fourth-order valence-corrected chi connectivity index (χ4v) is 5.15. The van der Waals surface area contributed by atoms with E-state index in [0.29, 0.717) is 16.0 Å². The molecular weight excluding hydrogens is 416 g/mol. The quantitative estimate of drug-likeness (QED) is 0.399. The average molecular weight is 447 g/mol. The Kier molecular flexibility index (Phi) is 6.54. The van der Waals surface area contributed by atoms with Crippen LogP contribution in [-0.4, -0.2) is 43.8 Å². The van der Waals surface area contributed by atoms with Crippen LogP contribution in [0.3, 0.4) is 0 Å². The number of benzene rings is 1. The van der Waals surface area contributed by atoms with Gasteiger partial charge in [0.2, 0.25) is 0 Å². The van der Waals surface area contributed by atoms with E-state index in [4.69, 9.17) is 17.0 Å². The maximum Gasteiger partial charge on any atom is 0.0577 e. The van der Waals surface area contributed by atoms with Gasteiger partial charge in [-0.05, 0) is 36.1 Å². The topological polar surface area (TPSA) is 51.2 Å². The molecule has 4 rings (SSSR count). The van der Waals surface area contributed by atoms with Crippen molar-refractivity contribution in [1.82, 2.24) is 15.5 Å². The number of halogens is 1. The number of hydrogen-bond donors (Lipinski definition) is 3. The van der Waals surface area contributed by atoms with Crippen molar-refractivity contribution >= 4 is 29.1 Å². The Morgan fingerprint density at radius 3 is 2.72 bits per heavy atom. The normalized spacial score (nSPS) is 20.4. The Balaban J connectivity index is 1.49. The molecule has 3 N–H and O–H groups in total. The first-order valence-electron chi connectivity index (χ1n) is 11.0. The summed E-state index contributed by atoms with van der Waals surface area (Å²) in [5, 5.41) is 15.3. The molecule has 3 heterocycles. The van der Waals surface area contributed by atoms with Crippen molar-refractivity contribution in [3.8, 4) is 0 Å². The molecule has 2 fully saturated rings. The van der Waals surface area contributed by atoms with E-state index < -0.39 is 0 Å². The predicted octanol–water partition coefficient (Wildman–Crippen LogP) is 5.18. The number of nitrogens with one attached hydrogen (secondary N) is 3. The highest BCUT2D eigenvalue weighted by Crippen LogP contribution is 2.40. The lowest BCUT2D eigenvalue weighted by Crippen LogP contribution is -2.57. The number of hydrogen-bond acceptors (Lipinski definition) is 4. The third-order valence-electron chi connectivity index (χ3n) is 6.39. The van der Waals surface area contributed by atoms with Gasteiger partial charge in [0.1, 0.15) is 0 Å². The second-order valence-electron chi connectivity index (χ2n) is 8.98. The smallest absolute Gasteiger partial charge is 0.0577 e. The van der Waals surface area contributed by atoms with Crippen LogP contribution in [0.2, 0.25) is 5.02 Å². The number of rotatable bonds is 7. The minimum absolute atomic E-state index is 0.410. The third kappa shape index (κ3) is 4.52. The third-order valence-corrected chi connectivity index (χ3v) is 6.80. The minimum Gasteiger partial charge on any atom is -0.388 e. The molecule has 0 radical (unpaired) electrons. The molecule has 5 heteroatoms. The number of allylic oxidation sites excluding steroid dienone is 8. The summed E-state index contributed by atoms with van der Waals surface area (Å²) in [7, 11) is 0. The van der Waals surface area contributed by atoms with Gasteiger partial charge in [0.05, 0.1) is 5.02 Å². The summed E-state index contributed by atoms with van der Waals surface area (Å²) in [6, 6.07) is 6.01. The number of dihydropyridines is 1. The summed E-state index contributed by atoms with van der Waals surface area (Å²) < 4.78 is 0. The monoisotopic (exact) mass is 446 g/mol. The summed E-state index contributed by atoms with van der Waals surface area (Å²) >= 11 is 6.85. The predicted molar refractivity (Wildman–Crippen MR) is 137 cm³/mol. The first kappa shape index (κ1) is 22.4. The first-order chi connectivity index (χ1) is 15.4. The molecule has 1 aromatic rings. The SMILES string of the molecule is C=C1CC2(CN1)CN(CC1=CC=C(c3cccc(/C(=C/C=C\C)C(=C)C=N)c3Cl)NC1)C2. The van der Waals surface area contributed by atoms with Crippen LogP contribution in [0.25, 0.3) is 11.3 Å². The maximum absolute atomic E-state index is 7.63. The van der Waals surface area contributed by atoms with Gasteiger partial charge in [-0.3, -0.25) is 4.90 Å². The molecule has 1 spiro atoms. The van der Waals surface area contributed by atoms with E-state index in [-0.39, 0.29) is 0 Å². The van der Waals surface area contributed by atoms with Crippen molar-refractivity contribution in [3.63, 3.8) is 0 Å². The summed E-state index contributed by atoms with van der Waals surface area (Å²) in [5.74, 6) is 0. The second-order valence-corrected chi connectivity index (χ2v) is 9.36. The van der Waals surface area contributed by atoms with Crippen molar-refractivity contribution in [2.24, 2.45) is 5.41 Å². The van der Waals surface area contributed by atoms with E-state index in [1.807, 2.05) is 43.4 Å². The standard InChI is InChI=1S/C27H31ClN4/c1-4-5-7-22(19(2)13-29)23-8-6-9-24(26(23)28)25-11-10-21(14-30-25)15-32-17-27(18-32)12-20(3)31-16-27/h4-11,13,29-31H,2-3,12,14-18H2,1H3/b5-4-,22-7+,29-13?. The van der Waals surface area contributed by atoms with Gasteiger partial charge >= 0.3 is 0 Å². The van der Waals surface area contributed by atoms with Gasteiger partial charge in [-0.2, -0.15) is 0 Å².